The summed E-state index contributed by atoms with van der Waals surface area (Å²) < 4.78 is 8.52. The monoisotopic (exact) mass is 282 g/mol. The molecule has 1 atom stereocenters. The van der Waals surface area contributed by atoms with Crippen LogP contribution in [0.1, 0.15) is 43.8 Å². The zero-order valence-corrected chi connectivity index (χ0v) is 12.6. The summed E-state index contributed by atoms with van der Waals surface area (Å²) in [4.78, 5) is 4.65. The van der Waals surface area contributed by atoms with Gasteiger partial charge in [0.25, 0.3) is 0 Å². The molecule has 2 aromatic rings. The summed E-state index contributed by atoms with van der Waals surface area (Å²) in [6.45, 7) is 3.01. The lowest BCUT2D eigenvalue weighted by Gasteiger charge is -2.21. The minimum absolute atomic E-state index is 0.175. The topological polar surface area (TPSA) is 27.1 Å². The molecule has 0 radical (unpaired) electrons. The van der Waals surface area contributed by atoms with Crippen LogP contribution in [0.25, 0.3) is 11.3 Å². The standard InChI is InChI=1S/C18H22N2O/c1-14-17(15-7-3-2-4-8-15)19-13-20(14)16-11-18(21-12-16)9-5-6-10-18/h2-4,7-8,13,16H,5-6,9-12H2,1H3/t16-/m0/s1. The van der Waals surface area contributed by atoms with Gasteiger partial charge in [-0.25, -0.2) is 4.98 Å². The Balaban J connectivity index is 1.61. The van der Waals surface area contributed by atoms with Gasteiger partial charge in [0.2, 0.25) is 0 Å². The van der Waals surface area contributed by atoms with Gasteiger partial charge in [-0.2, -0.15) is 0 Å². The fourth-order valence-corrected chi connectivity index (χ4v) is 4.04. The minimum atomic E-state index is 0.175. The van der Waals surface area contributed by atoms with Crippen molar-refractivity contribution in [1.82, 2.24) is 9.55 Å². The molecule has 0 unspecified atom stereocenters. The molecule has 110 valence electrons. The first-order chi connectivity index (χ1) is 10.3. The Kier molecular flexibility index (Phi) is 3.11. The summed E-state index contributed by atoms with van der Waals surface area (Å²) in [6, 6.07) is 10.9. The van der Waals surface area contributed by atoms with Gasteiger partial charge in [-0.05, 0) is 26.2 Å². The van der Waals surface area contributed by atoms with Crippen LogP contribution < -0.4 is 0 Å². The molecule has 2 heterocycles. The van der Waals surface area contributed by atoms with Crippen molar-refractivity contribution in [3.8, 4) is 11.3 Å². The molecule has 1 aliphatic carbocycles. The Morgan fingerprint density at radius 3 is 2.71 bits per heavy atom. The van der Waals surface area contributed by atoms with E-state index in [1.807, 2.05) is 12.4 Å². The summed E-state index contributed by atoms with van der Waals surface area (Å²) >= 11 is 0. The van der Waals surface area contributed by atoms with Crippen molar-refractivity contribution >= 4 is 0 Å². The van der Waals surface area contributed by atoms with Gasteiger partial charge < -0.3 is 9.30 Å². The maximum absolute atomic E-state index is 6.19. The van der Waals surface area contributed by atoms with E-state index in [0.29, 0.717) is 6.04 Å². The summed E-state index contributed by atoms with van der Waals surface area (Å²) in [7, 11) is 0. The molecule has 1 saturated carbocycles. The van der Waals surface area contributed by atoms with Crippen LogP contribution in [-0.2, 0) is 4.74 Å². The van der Waals surface area contributed by atoms with Gasteiger partial charge in [0.1, 0.15) is 0 Å². The molecule has 3 nitrogen and oxygen atoms in total. The number of ether oxygens (including phenoxy) is 1. The lowest BCUT2D eigenvalue weighted by Crippen LogP contribution is -2.23. The van der Waals surface area contributed by atoms with Gasteiger partial charge in [-0.1, -0.05) is 43.2 Å². The molecule has 0 N–H and O–H groups in total. The molecule has 3 heteroatoms. The minimum Gasteiger partial charge on any atom is -0.373 e. The van der Waals surface area contributed by atoms with E-state index in [2.05, 4.69) is 40.7 Å². The van der Waals surface area contributed by atoms with Gasteiger partial charge in [-0.15, -0.1) is 0 Å². The third kappa shape index (κ3) is 2.20. The van der Waals surface area contributed by atoms with Crippen LogP contribution in [0.2, 0.25) is 0 Å². The van der Waals surface area contributed by atoms with Crippen molar-refractivity contribution in [2.24, 2.45) is 0 Å². The number of benzene rings is 1. The molecule has 1 aromatic heterocycles. The van der Waals surface area contributed by atoms with Gasteiger partial charge in [0.05, 0.1) is 30.3 Å². The van der Waals surface area contributed by atoms with E-state index in [9.17, 15) is 0 Å². The second-order valence-corrected chi connectivity index (χ2v) is 6.51. The van der Waals surface area contributed by atoms with Gasteiger partial charge in [0.15, 0.2) is 0 Å². The SMILES string of the molecule is Cc1c(-c2ccccc2)ncn1[C@@H]1COC2(CCCC2)C1. The maximum Gasteiger partial charge on any atom is 0.0959 e. The van der Waals surface area contributed by atoms with E-state index in [1.54, 1.807) is 0 Å². The zero-order chi connectivity index (χ0) is 14.3. The first kappa shape index (κ1) is 13.1. The van der Waals surface area contributed by atoms with Crippen molar-refractivity contribution in [1.29, 1.82) is 0 Å². The molecule has 2 fully saturated rings. The molecule has 1 aliphatic heterocycles. The smallest absolute Gasteiger partial charge is 0.0959 e. The average Bonchev–Trinajstić information content (AvgIpc) is 3.22. The van der Waals surface area contributed by atoms with Crippen LogP contribution in [0, 0.1) is 6.92 Å². The molecular weight excluding hydrogens is 260 g/mol. The highest BCUT2D eigenvalue weighted by Gasteiger charge is 2.43. The van der Waals surface area contributed by atoms with E-state index < -0.39 is 0 Å². The first-order valence-corrected chi connectivity index (χ1v) is 8.00. The Morgan fingerprint density at radius 1 is 1.19 bits per heavy atom. The van der Waals surface area contributed by atoms with Crippen LogP contribution in [0.4, 0.5) is 0 Å². The molecule has 1 spiro atoms. The van der Waals surface area contributed by atoms with E-state index in [1.165, 1.54) is 36.9 Å². The number of hydrogen-bond donors (Lipinski definition) is 0. The predicted molar refractivity (Wildman–Crippen MR) is 83.2 cm³/mol. The Bertz CT molecular complexity index is 626. The van der Waals surface area contributed by atoms with Crippen LogP contribution in [0.15, 0.2) is 36.7 Å². The van der Waals surface area contributed by atoms with E-state index >= 15 is 0 Å². The second kappa shape index (κ2) is 4.99. The summed E-state index contributed by atoms with van der Waals surface area (Å²) in [5.41, 5.74) is 3.73. The molecule has 2 aliphatic rings. The molecular formula is C18H22N2O. The van der Waals surface area contributed by atoms with Crippen molar-refractivity contribution in [3.63, 3.8) is 0 Å². The van der Waals surface area contributed by atoms with Gasteiger partial charge >= 0.3 is 0 Å². The van der Waals surface area contributed by atoms with E-state index in [0.717, 1.165) is 18.7 Å². The molecule has 0 bridgehead atoms. The van der Waals surface area contributed by atoms with Crippen molar-refractivity contribution in [2.45, 2.75) is 50.7 Å². The molecule has 0 amide bonds. The highest BCUT2D eigenvalue weighted by Crippen LogP contribution is 2.45. The first-order valence-electron chi connectivity index (χ1n) is 8.00. The lowest BCUT2D eigenvalue weighted by molar-refractivity contribution is 0.00957. The Hall–Kier alpha value is -1.61. The van der Waals surface area contributed by atoms with Crippen LogP contribution >= 0.6 is 0 Å². The third-order valence-corrected chi connectivity index (χ3v) is 5.19. The summed E-state index contributed by atoms with van der Waals surface area (Å²) in [5, 5.41) is 0. The zero-order valence-electron chi connectivity index (χ0n) is 12.6. The van der Waals surface area contributed by atoms with Crippen molar-refractivity contribution < 1.29 is 4.74 Å². The Morgan fingerprint density at radius 2 is 1.95 bits per heavy atom. The number of aromatic nitrogens is 2. The van der Waals surface area contributed by atoms with Gasteiger partial charge in [-0.3, -0.25) is 0 Å². The number of hydrogen-bond acceptors (Lipinski definition) is 2. The molecule has 1 aromatic carbocycles. The third-order valence-electron chi connectivity index (χ3n) is 5.19. The van der Waals surface area contributed by atoms with Crippen molar-refractivity contribution in [3.05, 3.63) is 42.4 Å². The predicted octanol–water partition coefficient (Wildman–Crippen LogP) is 4.13. The number of imidazole rings is 1. The summed E-state index contributed by atoms with van der Waals surface area (Å²) in [5.74, 6) is 0. The molecule has 4 rings (SSSR count). The summed E-state index contributed by atoms with van der Waals surface area (Å²) in [6.07, 6.45) is 8.28. The largest absolute Gasteiger partial charge is 0.373 e. The van der Waals surface area contributed by atoms with Crippen LogP contribution in [-0.4, -0.2) is 21.8 Å². The normalized spacial score (nSPS) is 24.0. The lowest BCUT2D eigenvalue weighted by atomic mass is 9.96. The van der Waals surface area contributed by atoms with Crippen LogP contribution in [0.5, 0.6) is 0 Å². The van der Waals surface area contributed by atoms with E-state index in [4.69, 9.17) is 4.74 Å². The quantitative estimate of drug-likeness (QED) is 0.828. The molecule has 21 heavy (non-hydrogen) atoms. The molecule has 1 saturated heterocycles. The van der Waals surface area contributed by atoms with Crippen molar-refractivity contribution in [2.75, 3.05) is 6.61 Å². The fourth-order valence-electron chi connectivity index (χ4n) is 4.04. The van der Waals surface area contributed by atoms with Gasteiger partial charge in [0, 0.05) is 11.3 Å². The number of nitrogens with zero attached hydrogens (tertiary/aromatic N) is 2. The van der Waals surface area contributed by atoms with Crippen LogP contribution in [0.3, 0.4) is 0 Å². The maximum atomic E-state index is 6.19. The Labute approximate surface area is 126 Å². The average molecular weight is 282 g/mol. The second-order valence-electron chi connectivity index (χ2n) is 6.51. The highest BCUT2D eigenvalue weighted by molar-refractivity contribution is 5.61. The van der Waals surface area contributed by atoms with E-state index in [-0.39, 0.29) is 5.60 Å². The number of rotatable bonds is 2. The highest BCUT2D eigenvalue weighted by atomic mass is 16.5. The fraction of sp³-hybridized carbons (Fsp3) is 0.500.